The van der Waals surface area contributed by atoms with Gasteiger partial charge in [-0.2, -0.15) is 0 Å². The van der Waals surface area contributed by atoms with Crippen LogP contribution in [0.15, 0.2) is 36.4 Å². The van der Waals surface area contributed by atoms with E-state index in [2.05, 4.69) is 4.98 Å². The van der Waals surface area contributed by atoms with Gasteiger partial charge in [0.2, 0.25) is 5.75 Å². The Morgan fingerprint density at radius 1 is 1.07 bits per heavy atom. The van der Waals surface area contributed by atoms with Gasteiger partial charge < -0.3 is 24.3 Å². The van der Waals surface area contributed by atoms with Gasteiger partial charge in [0.1, 0.15) is 5.69 Å². The number of hydrogen-bond acceptors (Lipinski definition) is 6. The molecule has 0 unspecified atom stereocenters. The Hall–Kier alpha value is -3.48. The standard InChI is InChI=1S/C20H19NO6/c1-4-27-20(24)17-16(12-7-5-6-8-13(12)21-17)18(22)11-9-14(25-2)19(23)15(10-11)26-3/h5-10,21,23H,4H2,1-3H3. The van der Waals surface area contributed by atoms with Gasteiger partial charge in [0.05, 0.1) is 26.4 Å². The van der Waals surface area contributed by atoms with E-state index in [0.717, 1.165) is 0 Å². The largest absolute Gasteiger partial charge is 0.502 e. The molecule has 3 aromatic rings. The molecule has 7 heteroatoms. The number of carbonyl (C=O) groups is 2. The smallest absolute Gasteiger partial charge is 0.355 e. The van der Waals surface area contributed by atoms with E-state index >= 15 is 0 Å². The Balaban J connectivity index is 2.21. The van der Waals surface area contributed by atoms with Crippen molar-refractivity contribution in [1.29, 1.82) is 0 Å². The van der Waals surface area contributed by atoms with Crippen molar-refractivity contribution < 1.29 is 28.9 Å². The Kier molecular flexibility index (Phi) is 5.03. The molecule has 1 heterocycles. The second kappa shape index (κ2) is 7.41. The lowest BCUT2D eigenvalue weighted by Gasteiger charge is -2.11. The number of rotatable bonds is 6. The highest BCUT2D eigenvalue weighted by Crippen LogP contribution is 2.38. The number of ketones is 1. The summed E-state index contributed by atoms with van der Waals surface area (Å²) in [5.74, 6) is -1.06. The lowest BCUT2D eigenvalue weighted by atomic mass is 9.99. The second-order valence-electron chi connectivity index (χ2n) is 5.70. The highest BCUT2D eigenvalue weighted by molar-refractivity contribution is 6.21. The molecule has 3 rings (SSSR count). The van der Waals surface area contributed by atoms with Crippen molar-refractivity contribution in [2.24, 2.45) is 0 Å². The molecule has 2 aromatic carbocycles. The van der Waals surface area contributed by atoms with Crippen LogP contribution in [0.5, 0.6) is 17.2 Å². The Morgan fingerprint density at radius 2 is 1.70 bits per heavy atom. The fourth-order valence-electron chi connectivity index (χ4n) is 2.90. The first kappa shape index (κ1) is 18.3. The van der Waals surface area contributed by atoms with E-state index < -0.39 is 11.8 Å². The lowest BCUT2D eigenvalue weighted by molar-refractivity contribution is 0.0518. The molecule has 7 nitrogen and oxygen atoms in total. The summed E-state index contributed by atoms with van der Waals surface area (Å²) in [4.78, 5) is 28.6. The normalized spacial score (nSPS) is 10.6. The molecule has 1 aromatic heterocycles. The van der Waals surface area contributed by atoms with Crippen LogP contribution < -0.4 is 9.47 Å². The molecule has 0 saturated carbocycles. The van der Waals surface area contributed by atoms with Crippen LogP contribution in [0.4, 0.5) is 0 Å². The first-order valence-electron chi connectivity index (χ1n) is 8.29. The summed E-state index contributed by atoms with van der Waals surface area (Å²) in [7, 11) is 2.75. The molecule has 0 amide bonds. The minimum atomic E-state index is -0.616. The molecule has 0 spiro atoms. The summed E-state index contributed by atoms with van der Waals surface area (Å²) in [6, 6.07) is 9.89. The van der Waals surface area contributed by atoms with Gasteiger partial charge in [-0.3, -0.25) is 4.79 Å². The first-order chi connectivity index (χ1) is 13.0. The SMILES string of the molecule is CCOC(=O)c1[nH]c2ccccc2c1C(=O)c1cc(OC)c(O)c(OC)c1. The number of aromatic hydroxyl groups is 1. The average Bonchev–Trinajstić information content (AvgIpc) is 3.07. The summed E-state index contributed by atoms with van der Waals surface area (Å²) in [5.41, 5.74) is 1.12. The fourth-order valence-corrected chi connectivity index (χ4v) is 2.90. The highest BCUT2D eigenvalue weighted by Gasteiger charge is 2.26. The van der Waals surface area contributed by atoms with Gasteiger partial charge >= 0.3 is 5.97 Å². The number of methoxy groups -OCH3 is 2. The zero-order valence-corrected chi connectivity index (χ0v) is 15.2. The lowest BCUT2D eigenvalue weighted by Crippen LogP contribution is -2.12. The van der Waals surface area contributed by atoms with Crippen LogP contribution >= 0.6 is 0 Å². The van der Waals surface area contributed by atoms with Crippen molar-refractivity contribution >= 4 is 22.7 Å². The molecule has 0 fully saturated rings. The monoisotopic (exact) mass is 369 g/mol. The summed E-state index contributed by atoms with van der Waals surface area (Å²) in [6.45, 7) is 1.88. The Labute approximate surface area is 155 Å². The van der Waals surface area contributed by atoms with E-state index in [1.54, 1.807) is 31.2 Å². The predicted octanol–water partition coefficient (Wildman–Crippen LogP) is 3.30. The maximum atomic E-state index is 13.3. The number of benzene rings is 2. The first-order valence-corrected chi connectivity index (χ1v) is 8.29. The van der Waals surface area contributed by atoms with Crippen molar-refractivity contribution in [3.63, 3.8) is 0 Å². The van der Waals surface area contributed by atoms with Crippen molar-refractivity contribution in [3.05, 3.63) is 53.2 Å². The molecule has 27 heavy (non-hydrogen) atoms. The number of fused-ring (bicyclic) bond motifs is 1. The van der Waals surface area contributed by atoms with Crippen LogP contribution in [0.1, 0.15) is 33.3 Å². The minimum Gasteiger partial charge on any atom is -0.502 e. The van der Waals surface area contributed by atoms with E-state index in [9.17, 15) is 14.7 Å². The number of esters is 1. The number of phenols is 1. The molecule has 0 aliphatic heterocycles. The van der Waals surface area contributed by atoms with Crippen molar-refractivity contribution in [2.75, 3.05) is 20.8 Å². The van der Waals surface area contributed by atoms with Crippen LogP contribution in [-0.4, -0.2) is 42.7 Å². The molecule has 140 valence electrons. The van der Waals surface area contributed by atoms with E-state index in [-0.39, 0.29) is 40.7 Å². The summed E-state index contributed by atoms with van der Waals surface area (Å²) >= 11 is 0. The van der Waals surface area contributed by atoms with E-state index in [1.165, 1.54) is 26.4 Å². The molecule has 0 radical (unpaired) electrons. The third-order valence-corrected chi connectivity index (χ3v) is 4.15. The zero-order valence-electron chi connectivity index (χ0n) is 15.2. The van der Waals surface area contributed by atoms with Gasteiger partial charge in [-0.05, 0) is 25.1 Å². The third kappa shape index (κ3) is 3.19. The molecule has 0 saturated heterocycles. The number of hydrogen-bond donors (Lipinski definition) is 2. The quantitative estimate of drug-likeness (QED) is 0.511. The van der Waals surface area contributed by atoms with Crippen LogP contribution in [0, 0.1) is 0 Å². The van der Waals surface area contributed by atoms with Crippen LogP contribution in [0.25, 0.3) is 10.9 Å². The minimum absolute atomic E-state index is 0.0778. The predicted molar refractivity (Wildman–Crippen MR) is 98.9 cm³/mol. The average molecular weight is 369 g/mol. The molecular weight excluding hydrogens is 350 g/mol. The molecule has 0 bridgehead atoms. The van der Waals surface area contributed by atoms with Crippen LogP contribution in [0.3, 0.4) is 0 Å². The van der Waals surface area contributed by atoms with Gasteiger partial charge in [0, 0.05) is 16.5 Å². The number of H-pyrrole nitrogens is 1. The molecule has 0 aliphatic rings. The summed E-state index contributed by atoms with van der Waals surface area (Å²) in [5, 5.41) is 10.7. The topological polar surface area (TPSA) is 97.9 Å². The van der Waals surface area contributed by atoms with Crippen molar-refractivity contribution in [1.82, 2.24) is 4.98 Å². The fraction of sp³-hybridized carbons (Fsp3) is 0.200. The molecule has 0 aliphatic carbocycles. The van der Waals surface area contributed by atoms with Crippen molar-refractivity contribution in [2.45, 2.75) is 6.92 Å². The van der Waals surface area contributed by atoms with Gasteiger partial charge in [-0.1, -0.05) is 18.2 Å². The summed E-state index contributed by atoms with van der Waals surface area (Å²) < 4.78 is 15.3. The van der Waals surface area contributed by atoms with E-state index in [1.807, 2.05) is 0 Å². The Morgan fingerprint density at radius 3 is 2.30 bits per heavy atom. The number of nitrogens with one attached hydrogen (secondary N) is 1. The number of aromatic amines is 1. The number of para-hydroxylation sites is 1. The maximum Gasteiger partial charge on any atom is 0.355 e. The van der Waals surface area contributed by atoms with Gasteiger partial charge in [0.25, 0.3) is 0 Å². The summed E-state index contributed by atoms with van der Waals surface area (Å²) in [6.07, 6.45) is 0. The van der Waals surface area contributed by atoms with E-state index in [4.69, 9.17) is 14.2 Å². The van der Waals surface area contributed by atoms with Gasteiger partial charge in [-0.25, -0.2) is 4.79 Å². The van der Waals surface area contributed by atoms with Crippen molar-refractivity contribution in [3.8, 4) is 17.2 Å². The Bertz CT molecular complexity index is 995. The zero-order chi connectivity index (χ0) is 19.6. The molecule has 2 N–H and O–H groups in total. The third-order valence-electron chi connectivity index (χ3n) is 4.15. The molecule has 0 atom stereocenters. The molecular formula is C20H19NO6. The second-order valence-corrected chi connectivity index (χ2v) is 5.70. The van der Waals surface area contributed by atoms with Gasteiger partial charge in [0.15, 0.2) is 17.3 Å². The maximum absolute atomic E-state index is 13.3. The van der Waals surface area contributed by atoms with Crippen LogP contribution in [0.2, 0.25) is 0 Å². The van der Waals surface area contributed by atoms with E-state index in [0.29, 0.717) is 10.9 Å². The number of phenolic OH excluding ortho intramolecular Hbond substituents is 1. The number of carbonyl (C=O) groups excluding carboxylic acids is 2. The number of ether oxygens (including phenoxy) is 3. The van der Waals surface area contributed by atoms with Crippen LogP contribution in [-0.2, 0) is 4.74 Å². The van der Waals surface area contributed by atoms with Gasteiger partial charge in [-0.15, -0.1) is 0 Å². The number of aromatic nitrogens is 1. The highest BCUT2D eigenvalue weighted by atomic mass is 16.5.